The smallest absolute Gasteiger partial charge is 0.255 e. The molecule has 0 bridgehead atoms. The highest BCUT2D eigenvalue weighted by Gasteiger charge is 2.13. The van der Waals surface area contributed by atoms with Crippen LogP contribution in [0.4, 0.5) is 11.4 Å². The monoisotopic (exact) mass is 353 g/mol. The number of benzene rings is 1. The Labute approximate surface area is 130 Å². The van der Waals surface area contributed by atoms with Gasteiger partial charge in [0.05, 0.1) is 5.56 Å². The van der Waals surface area contributed by atoms with Gasteiger partial charge in [0, 0.05) is 46.7 Å². The summed E-state index contributed by atoms with van der Waals surface area (Å²) in [4.78, 5) is 14.9. The molecule has 1 aromatic heterocycles. The van der Waals surface area contributed by atoms with Gasteiger partial charge in [0.15, 0.2) is 0 Å². The van der Waals surface area contributed by atoms with Gasteiger partial charge in [-0.1, -0.05) is 0 Å². The third kappa shape index (κ3) is 3.52. The summed E-state index contributed by atoms with van der Waals surface area (Å²) in [6, 6.07) is 7.34. The highest BCUT2D eigenvalue weighted by atomic mass is 79.9. The van der Waals surface area contributed by atoms with Gasteiger partial charge in [-0.15, -0.1) is 11.3 Å². The topological polar surface area (TPSA) is 58.4 Å². The summed E-state index contributed by atoms with van der Waals surface area (Å²) in [7, 11) is 3.47. The molecule has 3 N–H and O–H groups in total. The second-order valence-corrected chi connectivity index (χ2v) is 6.50. The Hall–Kier alpha value is -1.53. The molecule has 20 heavy (non-hydrogen) atoms. The Morgan fingerprint density at radius 1 is 1.40 bits per heavy atom. The van der Waals surface area contributed by atoms with Gasteiger partial charge in [0.2, 0.25) is 0 Å². The second kappa shape index (κ2) is 6.28. The summed E-state index contributed by atoms with van der Waals surface area (Å²) in [6.45, 7) is 0.660. The van der Waals surface area contributed by atoms with Crippen molar-refractivity contribution in [2.24, 2.45) is 0 Å². The van der Waals surface area contributed by atoms with E-state index in [9.17, 15) is 4.79 Å². The normalized spacial score (nSPS) is 10.3. The Balaban J connectivity index is 2.21. The van der Waals surface area contributed by atoms with Crippen LogP contribution in [0.15, 0.2) is 34.1 Å². The summed E-state index contributed by atoms with van der Waals surface area (Å²) in [5.41, 5.74) is 7.82. The number of carbonyl (C=O) groups excluding carboxylic acids is 1. The van der Waals surface area contributed by atoms with Gasteiger partial charge in [-0.2, -0.15) is 0 Å². The Morgan fingerprint density at radius 3 is 2.75 bits per heavy atom. The molecule has 0 aliphatic rings. The molecule has 2 aromatic rings. The zero-order chi connectivity index (χ0) is 14.7. The van der Waals surface area contributed by atoms with Crippen LogP contribution in [0.1, 0.15) is 15.2 Å². The van der Waals surface area contributed by atoms with Crippen LogP contribution in [0.5, 0.6) is 0 Å². The van der Waals surface area contributed by atoms with Crippen LogP contribution in [0.25, 0.3) is 0 Å². The van der Waals surface area contributed by atoms with Crippen molar-refractivity contribution in [3.63, 3.8) is 0 Å². The Bertz CT molecular complexity index is 625. The van der Waals surface area contributed by atoms with E-state index < -0.39 is 0 Å². The van der Waals surface area contributed by atoms with Gasteiger partial charge in [0.1, 0.15) is 0 Å². The van der Waals surface area contributed by atoms with Crippen molar-refractivity contribution in [3.05, 3.63) is 44.6 Å². The van der Waals surface area contributed by atoms with E-state index in [-0.39, 0.29) is 5.91 Å². The number of halogens is 1. The molecule has 0 fully saturated rings. The number of nitrogens with two attached hydrogens (primary N) is 1. The molecule has 4 nitrogen and oxygen atoms in total. The Morgan fingerprint density at radius 2 is 2.15 bits per heavy atom. The fourth-order valence-corrected chi connectivity index (χ4v) is 3.16. The zero-order valence-electron chi connectivity index (χ0n) is 11.3. The van der Waals surface area contributed by atoms with Crippen LogP contribution >= 0.6 is 27.3 Å². The lowest BCUT2D eigenvalue weighted by Gasteiger charge is -2.15. The van der Waals surface area contributed by atoms with Crippen LogP contribution in [-0.2, 0) is 6.54 Å². The van der Waals surface area contributed by atoms with Crippen LogP contribution in [0.3, 0.4) is 0 Å². The fourth-order valence-electron chi connectivity index (χ4n) is 1.76. The molecule has 1 heterocycles. The molecule has 0 atom stereocenters. The molecule has 0 spiro atoms. The molecule has 0 aliphatic heterocycles. The van der Waals surface area contributed by atoms with E-state index in [1.54, 1.807) is 48.5 Å². The van der Waals surface area contributed by atoms with Crippen LogP contribution < -0.4 is 11.1 Å². The molecular formula is C14H16BrN3OS. The number of rotatable bonds is 4. The molecular weight excluding hydrogens is 338 g/mol. The average molecular weight is 354 g/mol. The molecule has 0 radical (unpaired) electrons. The van der Waals surface area contributed by atoms with Crippen molar-refractivity contribution >= 4 is 44.5 Å². The molecule has 0 aliphatic carbocycles. The van der Waals surface area contributed by atoms with Crippen molar-refractivity contribution in [1.82, 2.24) is 4.90 Å². The molecule has 0 saturated carbocycles. The maximum atomic E-state index is 12.1. The summed E-state index contributed by atoms with van der Waals surface area (Å²) in [6.07, 6.45) is 0. The van der Waals surface area contributed by atoms with E-state index in [2.05, 4.69) is 27.3 Å². The predicted octanol–water partition coefficient (Wildman–Crippen LogP) is 3.41. The number of thiophene rings is 1. The van der Waals surface area contributed by atoms with Crippen LogP contribution in [-0.4, -0.2) is 24.9 Å². The highest BCUT2D eigenvalue weighted by molar-refractivity contribution is 9.10. The molecule has 6 heteroatoms. The third-order valence-corrected chi connectivity index (χ3v) is 4.45. The van der Waals surface area contributed by atoms with Crippen LogP contribution in [0, 0.1) is 0 Å². The SMILES string of the molecule is CN(C)C(=O)c1ccc(N)cc1NCc1cc(Br)cs1. The van der Waals surface area contributed by atoms with E-state index in [0.717, 1.165) is 10.2 Å². The molecule has 0 saturated heterocycles. The van der Waals surface area contributed by atoms with E-state index in [0.29, 0.717) is 17.8 Å². The maximum Gasteiger partial charge on any atom is 0.255 e. The van der Waals surface area contributed by atoms with E-state index in [1.165, 1.54) is 4.88 Å². The molecule has 1 aromatic carbocycles. The number of nitrogens with one attached hydrogen (secondary N) is 1. The van der Waals surface area contributed by atoms with Gasteiger partial charge < -0.3 is 16.0 Å². The first-order chi connectivity index (χ1) is 9.47. The minimum Gasteiger partial charge on any atom is -0.399 e. The maximum absolute atomic E-state index is 12.1. The van der Waals surface area contributed by atoms with Crippen molar-refractivity contribution in [3.8, 4) is 0 Å². The minimum atomic E-state index is -0.0418. The van der Waals surface area contributed by atoms with Gasteiger partial charge in [-0.3, -0.25) is 4.79 Å². The largest absolute Gasteiger partial charge is 0.399 e. The number of hydrogen-bond acceptors (Lipinski definition) is 4. The molecule has 0 unspecified atom stereocenters. The standard InChI is InChI=1S/C14H16BrN3OS/c1-18(2)14(19)12-4-3-10(16)6-13(12)17-7-11-5-9(15)8-20-11/h3-6,8,17H,7,16H2,1-2H3. The number of hydrogen-bond donors (Lipinski definition) is 2. The molecule has 106 valence electrons. The first-order valence-corrected chi connectivity index (χ1v) is 7.72. The van der Waals surface area contributed by atoms with Crippen molar-refractivity contribution in [2.75, 3.05) is 25.1 Å². The van der Waals surface area contributed by atoms with Gasteiger partial charge in [-0.05, 0) is 40.2 Å². The van der Waals surface area contributed by atoms with E-state index >= 15 is 0 Å². The lowest BCUT2D eigenvalue weighted by atomic mass is 10.1. The molecule has 1 amide bonds. The fraction of sp³-hybridized carbons (Fsp3) is 0.214. The second-order valence-electron chi connectivity index (χ2n) is 4.59. The summed E-state index contributed by atoms with van der Waals surface area (Å²) >= 11 is 5.09. The summed E-state index contributed by atoms with van der Waals surface area (Å²) in [5, 5.41) is 5.31. The lowest BCUT2D eigenvalue weighted by Crippen LogP contribution is -2.23. The number of carbonyl (C=O) groups is 1. The summed E-state index contributed by atoms with van der Waals surface area (Å²) in [5.74, 6) is -0.0418. The van der Waals surface area contributed by atoms with E-state index in [4.69, 9.17) is 5.73 Å². The first kappa shape index (κ1) is 14.9. The number of nitrogens with zero attached hydrogens (tertiary/aromatic N) is 1. The van der Waals surface area contributed by atoms with Gasteiger partial charge in [0.25, 0.3) is 5.91 Å². The number of anilines is 2. The minimum absolute atomic E-state index is 0.0418. The predicted molar refractivity (Wildman–Crippen MR) is 88.2 cm³/mol. The third-order valence-electron chi connectivity index (χ3n) is 2.76. The summed E-state index contributed by atoms with van der Waals surface area (Å²) < 4.78 is 1.07. The quantitative estimate of drug-likeness (QED) is 0.828. The van der Waals surface area contributed by atoms with E-state index in [1.807, 2.05) is 5.38 Å². The molecule has 2 rings (SSSR count). The van der Waals surface area contributed by atoms with Crippen LogP contribution in [0.2, 0.25) is 0 Å². The van der Waals surface area contributed by atoms with Crippen molar-refractivity contribution in [1.29, 1.82) is 0 Å². The van der Waals surface area contributed by atoms with Crippen molar-refractivity contribution in [2.45, 2.75) is 6.54 Å². The Kier molecular flexibility index (Phi) is 4.67. The number of amides is 1. The van der Waals surface area contributed by atoms with Gasteiger partial charge >= 0.3 is 0 Å². The lowest BCUT2D eigenvalue weighted by molar-refractivity contribution is 0.0828. The van der Waals surface area contributed by atoms with Gasteiger partial charge in [-0.25, -0.2) is 0 Å². The average Bonchev–Trinajstić information content (AvgIpc) is 2.81. The number of nitrogen functional groups attached to an aromatic ring is 1. The van der Waals surface area contributed by atoms with Crippen molar-refractivity contribution < 1.29 is 4.79 Å². The zero-order valence-corrected chi connectivity index (χ0v) is 13.7. The first-order valence-electron chi connectivity index (χ1n) is 6.05. The highest BCUT2D eigenvalue weighted by Crippen LogP contribution is 2.24.